The average molecular weight is 343 g/mol. The molecule has 1 aliphatic rings. The van der Waals surface area contributed by atoms with Crippen LogP contribution in [-0.4, -0.2) is 22.5 Å². The zero-order valence-electron chi connectivity index (χ0n) is 12.1. The van der Waals surface area contributed by atoms with Gasteiger partial charge in [0.1, 0.15) is 10.8 Å². The number of halogens is 2. The van der Waals surface area contributed by atoms with E-state index in [2.05, 4.69) is 6.58 Å². The minimum Gasteiger partial charge on any atom is -0.478 e. The van der Waals surface area contributed by atoms with E-state index >= 15 is 0 Å². The zero-order chi connectivity index (χ0) is 16.5. The van der Waals surface area contributed by atoms with Gasteiger partial charge in [-0.05, 0) is 43.4 Å². The molecule has 0 saturated heterocycles. The highest BCUT2D eigenvalue weighted by atomic mass is 35.5. The number of aliphatic carboxylic acids is 1. The van der Waals surface area contributed by atoms with Gasteiger partial charge in [-0.15, -0.1) is 0 Å². The Kier molecular flexibility index (Phi) is 4.83. The van der Waals surface area contributed by atoms with Crippen LogP contribution in [0.1, 0.15) is 43.0 Å². The Bertz CT molecular complexity index is 648. The van der Waals surface area contributed by atoms with Crippen molar-refractivity contribution < 1.29 is 19.4 Å². The van der Waals surface area contributed by atoms with Crippen molar-refractivity contribution in [1.82, 2.24) is 0 Å². The fourth-order valence-corrected chi connectivity index (χ4v) is 2.65. The van der Waals surface area contributed by atoms with Crippen LogP contribution >= 0.6 is 23.2 Å². The fraction of sp³-hybridized carbons (Fsp3) is 0.375. The number of Topliss-reactive ketones (excluding diaryl/α,β-unsaturated/α-hetero) is 1. The van der Waals surface area contributed by atoms with Crippen LogP contribution in [0.3, 0.4) is 0 Å². The van der Waals surface area contributed by atoms with Gasteiger partial charge in [0.05, 0.1) is 5.02 Å². The molecule has 6 heteroatoms. The predicted octanol–water partition coefficient (Wildman–Crippen LogP) is 4.53. The van der Waals surface area contributed by atoms with E-state index < -0.39 is 11.6 Å². The standard InChI is InChI=1S/C16H16Cl2O4/c1-3-9(2)14(19)10-5-6-11(13(18)12(10)17)22-16(15(20)21)7-4-8-16/h5-6H,2-4,7-8H2,1H3,(H,20,21). The number of ether oxygens (including phenoxy) is 1. The van der Waals surface area contributed by atoms with Gasteiger partial charge in [-0.2, -0.15) is 0 Å². The zero-order valence-corrected chi connectivity index (χ0v) is 13.6. The largest absolute Gasteiger partial charge is 0.478 e. The number of ketones is 1. The summed E-state index contributed by atoms with van der Waals surface area (Å²) in [5.41, 5.74) is -0.581. The van der Waals surface area contributed by atoms with Crippen molar-refractivity contribution in [2.75, 3.05) is 0 Å². The van der Waals surface area contributed by atoms with Gasteiger partial charge < -0.3 is 9.84 Å². The first kappa shape index (κ1) is 16.8. The monoisotopic (exact) mass is 342 g/mol. The number of carboxylic acids is 1. The van der Waals surface area contributed by atoms with E-state index in [1.54, 1.807) is 0 Å². The number of benzene rings is 1. The fourth-order valence-electron chi connectivity index (χ4n) is 2.20. The molecule has 1 aromatic carbocycles. The Morgan fingerprint density at radius 1 is 1.32 bits per heavy atom. The van der Waals surface area contributed by atoms with Crippen LogP contribution in [0.15, 0.2) is 24.3 Å². The number of carbonyl (C=O) groups excluding carboxylic acids is 1. The SMILES string of the molecule is C=C(CC)C(=O)c1ccc(OC2(C(=O)O)CCC2)c(Cl)c1Cl. The number of hydrogen-bond acceptors (Lipinski definition) is 3. The van der Waals surface area contributed by atoms with E-state index in [0.29, 0.717) is 24.8 Å². The molecule has 1 saturated carbocycles. The molecule has 0 bridgehead atoms. The van der Waals surface area contributed by atoms with E-state index in [9.17, 15) is 14.7 Å². The van der Waals surface area contributed by atoms with Crippen molar-refractivity contribution >= 4 is 35.0 Å². The summed E-state index contributed by atoms with van der Waals surface area (Å²) in [7, 11) is 0. The van der Waals surface area contributed by atoms with Crippen molar-refractivity contribution in [3.8, 4) is 5.75 Å². The number of hydrogen-bond donors (Lipinski definition) is 1. The first-order chi connectivity index (χ1) is 10.3. The van der Waals surface area contributed by atoms with Crippen molar-refractivity contribution in [1.29, 1.82) is 0 Å². The topological polar surface area (TPSA) is 63.6 Å². The van der Waals surface area contributed by atoms with Crippen molar-refractivity contribution in [2.24, 2.45) is 0 Å². The summed E-state index contributed by atoms with van der Waals surface area (Å²) in [6, 6.07) is 2.97. The summed E-state index contributed by atoms with van der Waals surface area (Å²) in [6.45, 7) is 5.51. The summed E-state index contributed by atoms with van der Waals surface area (Å²) < 4.78 is 5.58. The molecule has 0 unspecified atom stereocenters. The normalized spacial score (nSPS) is 15.8. The highest BCUT2D eigenvalue weighted by molar-refractivity contribution is 6.45. The van der Waals surface area contributed by atoms with Crippen LogP contribution in [0, 0.1) is 0 Å². The smallest absolute Gasteiger partial charge is 0.348 e. The Labute approximate surface area is 138 Å². The number of rotatable bonds is 6. The molecule has 0 aromatic heterocycles. The summed E-state index contributed by atoms with van der Waals surface area (Å²) in [4.78, 5) is 23.5. The molecular weight excluding hydrogens is 327 g/mol. The quantitative estimate of drug-likeness (QED) is 0.609. The van der Waals surface area contributed by atoms with Gasteiger partial charge in [0.2, 0.25) is 5.60 Å². The van der Waals surface area contributed by atoms with Gasteiger partial charge in [0.15, 0.2) is 5.78 Å². The molecule has 0 radical (unpaired) electrons. The van der Waals surface area contributed by atoms with Crippen molar-refractivity contribution in [3.63, 3.8) is 0 Å². The van der Waals surface area contributed by atoms with Gasteiger partial charge in [-0.1, -0.05) is 36.7 Å². The van der Waals surface area contributed by atoms with Gasteiger partial charge >= 0.3 is 5.97 Å². The lowest BCUT2D eigenvalue weighted by Crippen LogP contribution is -2.50. The molecule has 0 aliphatic heterocycles. The second-order valence-electron chi connectivity index (χ2n) is 5.28. The molecule has 1 fully saturated rings. The molecule has 0 heterocycles. The molecule has 22 heavy (non-hydrogen) atoms. The van der Waals surface area contributed by atoms with Gasteiger partial charge in [0.25, 0.3) is 0 Å². The lowest BCUT2D eigenvalue weighted by molar-refractivity contribution is -0.163. The van der Waals surface area contributed by atoms with E-state index in [-0.39, 0.29) is 27.1 Å². The van der Waals surface area contributed by atoms with E-state index in [1.807, 2.05) is 6.92 Å². The second kappa shape index (κ2) is 6.31. The maximum Gasteiger partial charge on any atom is 0.348 e. The van der Waals surface area contributed by atoms with E-state index in [1.165, 1.54) is 12.1 Å². The second-order valence-corrected chi connectivity index (χ2v) is 6.04. The lowest BCUT2D eigenvalue weighted by atomic mass is 9.80. The third kappa shape index (κ3) is 2.85. The van der Waals surface area contributed by atoms with Crippen LogP contribution in [0.5, 0.6) is 5.75 Å². The van der Waals surface area contributed by atoms with Gasteiger partial charge in [0, 0.05) is 5.56 Å². The molecule has 1 aromatic rings. The molecule has 0 atom stereocenters. The highest BCUT2D eigenvalue weighted by Gasteiger charge is 2.47. The molecule has 0 amide bonds. The molecule has 4 nitrogen and oxygen atoms in total. The number of allylic oxidation sites excluding steroid dienone is 1. The molecule has 2 rings (SSSR count). The molecule has 0 spiro atoms. The molecular formula is C16H16Cl2O4. The maximum absolute atomic E-state index is 12.1. The van der Waals surface area contributed by atoms with Gasteiger partial charge in [-0.25, -0.2) is 4.79 Å². The highest BCUT2D eigenvalue weighted by Crippen LogP contribution is 2.42. The Morgan fingerprint density at radius 3 is 2.41 bits per heavy atom. The minimum atomic E-state index is -1.24. The molecule has 118 valence electrons. The van der Waals surface area contributed by atoms with Crippen molar-refractivity contribution in [2.45, 2.75) is 38.2 Å². The van der Waals surface area contributed by atoms with Gasteiger partial charge in [-0.3, -0.25) is 4.79 Å². The Balaban J connectivity index is 2.33. The Hall–Kier alpha value is -1.52. The summed E-state index contributed by atoms with van der Waals surface area (Å²) >= 11 is 12.3. The maximum atomic E-state index is 12.1. The lowest BCUT2D eigenvalue weighted by Gasteiger charge is -2.37. The summed E-state index contributed by atoms with van der Waals surface area (Å²) in [5, 5.41) is 9.39. The molecule has 1 N–H and O–H groups in total. The minimum absolute atomic E-state index is 0.0453. The third-order valence-corrected chi connectivity index (χ3v) is 4.76. The number of carboxylic acid groups (broad SMARTS) is 1. The first-order valence-electron chi connectivity index (χ1n) is 6.95. The van der Waals surface area contributed by atoms with Crippen LogP contribution in [0.2, 0.25) is 10.0 Å². The first-order valence-corrected chi connectivity index (χ1v) is 7.71. The van der Waals surface area contributed by atoms with Crippen LogP contribution in [0.25, 0.3) is 0 Å². The Morgan fingerprint density at radius 2 is 1.95 bits per heavy atom. The van der Waals surface area contributed by atoms with E-state index in [4.69, 9.17) is 27.9 Å². The van der Waals surface area contributed by atoms with E-state index in [0.717, 1.165) is 6.42 Å². The van der Waals surface area contributed by atoms with Crippen LogP contribution < -0.4 is 4.74 Å². The predicted molar refractivity (Wildman–Crippen MR) is 85.1 cm³/mol. The van der Waals surface area contributed by atoms with Crippen molar-refractivity contribution in [3.05, 3.63) is 39.9 Å². The summed E-state index contributed by atoms with van der Waals surface area (Å²) in [6.07, 6.45) is 2.13. The van der Waals surface area contributed by atoms with Crippen LogP contribution in [0.4, 0.5) is 0 Å². The third-order valence-electron chi connectivity index (χ3n) is 3.90. The number of carbonyl (C=O) groups is 2. The van der Waals surface area contributed by atoms with Crippen LogP contribution in [-0.2, 0) is 4.79 Å². The molecule has 1 aliphatic carbocycles. The average Bonchev–Trinajstić information content (AvgIpc) is 2.45. The summed E-state index contributed by atoms with van der Waals surface area (Å²) in [5.74, 6) is -1.13.